The second-order valence-electron chi connectivity index (χ2n) is 7.46. The molecule has 1 aromatic carbocycles. The van der Waals surface area contributed by atoms with Crippen molar-refractivity contribution in [3.63, 3.8) is 0 Å². The highest BCUT2D eigenvalue weighted by Gasteiger charge is 2.25. The Kier molecular flexibility index (Phi) is 12.3. The fraction of sp³-hybridized carbons (Fsp3) is 0.696. The topological polar surface area (TPSA) is 67.4 Å². The van der Waals surface area contributed by atoms with Gasteiger partial charge in [0.15, 0.2) is 5.96 Å². The molecule has 2 rings (SSSR count). The van der Waals surface area contributed by atoms with Crippen molar-refractivity contribution in [1.29, 1.82) is 0 Å². The third kappa shape index (κ3) is 8.50. The van der Waals surface area contributed by atoms with Gasteiger partial charge in [0.2, 0.25) is 0 Å². The molecule has 7 nitrogen and oxygen atoms in total. The number of benzene rings is 1. The Morgan fingerprint density at radius 1 is 1.07 bits per heavy atom. The first-order valence-corrected chi connectivity index (χ1v) is 11.3. The maximum atomic E-state index is 5.64. The average Bonchev–Trinajstić information content (AvgIpc) is 3.30. The number of hydrogen-bond donors (Lipinski definition) is 2. The number of nitrogens with zero attached hydrogens (tertiary/aromatic N) is 2. The first-order valence-electron chi connectivity index (χ1n) is 11.3. The van der Waals surface area contributed by atoms with Gasteiger partial charge >= 0.3 is 0 Å². The molecule has 1 heterocycles. The first-order chi connectivity index (χ1) is 14.8. The molecular weight excluding hydrogens is 380 g/mol. The Morgan fingerprint density at radius 2 is 1.87 bits per heavy atom. The zero-order chi connectivity index (χ0) is 21.4. The highest BCUT2D eigenvalue weighted by Crippen LogP contribution is 2.31. The van der Waals surface area contributed by atoms with Crippen molar-refractivity contribution in [1.82, 2.24) is 15.5 Å². The summed E-state index contributed by atoms with van der Waals surface area (Å²) in [6, 6.07) is 8.55. The Balaban J connectivity index is 1.91. The number of rotatable bonds is 14. The summed E-state index contributed by atoms with van der Waals surface area (Å²) < 4.78 is 16.1. The highest BCUT2D eigenvalue weighted by atomic mass is 16.5. The Bertz CT molecular complexity index is 606. The van der Waals surface area contributed by atoms with Gasteiger partial charge in [-0.15, -0.1) is 0 Å². The molecule has 1 atom stereocenters. The third-order valence-corrected chi connectivity index (χ3v) is 5.29. The van der Waals surface area contributed by atoms with E-state index >= 15 is 0 Å². The zero-order valence-corrected chi connectivity index (χ0v) is 19.0. The zero-order valence-electron chi connectivity index (χ0n) is 19.0. The largest absolute Gasteiger partial charge is 0.496 e. The summed E-state index contributed by atoms with van der Waals surface area (Å²) in [5, 5.41) is 6.83. The van der Waals surface area contributed by atoms with Crippen LogP contribution in [0, 0.1) is 0 Å². The molecule has 0 amide bonds. The van der Waals surface area contributed by atoms with Crippen LogP contribution in [-0.2, 0) is 9.47 Å². The second kappa shape index (κ2) is 15.0. The maximum absolute atomic E-state index is 5.64. The van der Waals surface area contributed by atoms with Crippen LogP contribution in [0.5, 0.6) is 5.75 Å². The molecule has 1 fully saturated rings. The number of aliphatic imine (C=N–C) groups is 1. The van der Waals surface area contributed by atoms with E-state index in [0.717, 1.165) is 57.3 Å². The molecular formula is C23H40N4O3. The minimum absolute atomic E-state index is 0.230. The SMILES string of the molecule is CCNC(=NCC(c1ccccc1OC)N1CCCC1)NCCCCOCCOC. The molecule has 30 heavy (non-hydrogen) atoms. The molecule has 1 saturated heterocycles. The van der Waals surface area contributed by atoms with Crippen LogP contribution in [-0.4, -0.2) is 77.6 Å². The van der Waals surface area contributed by atoms with Crippen molar-refractivity contribution in [3.05, 3.63) is 29.8 Å². The van der Waals surface area contributed by atoms with Crippen molar-refractivity contribution >= 4 is 5.96 Å². The van der Waals surface area contributed by atoms with Gasteiger partial charge < -0.3 is 24.8 Å². The summed E-state index contributed by atoms with van der Waals surface area (Å²) >= 11 is 0. The van der Waals surface area contributed by atoms with Crippen LogP contribution in [0.1, 0.15) is 44.2 Å². The van der Waals surface area contributed by atoms with Crippen LogP contribution in [0.15, 0.2) is 29.3 Å². The number of likely N-dealkylation sites (tertiary alicyclic amines) is 1. The van der Waals surface area contributed by atoms with Crippen LogP contribution in [0.4, 0.5) is 0 Å². The molecule has 0 spiro atoms. The van der Waals surface area contributed by atoms with E-state index < -0.39 is 0 Å². The predicted molar refractivity (Wildman–Crippen MR) is 122 cm³/mol. The lowest BCUT2D eigenvalue weighted by Gasteiger charge is -2.28. The predicted octanol–water partition coefficient (Wildman–Crippen LogP) is 2.83. The smallest absolute Gasteiger partial charge is 0.191 e. The van der Waals surface area contributed by atoms with Crippen LogP contribution < -0.4 is 15.4 Å². The summed E-state index contributed by atoms with van der Waals surface area (Å²) in [4.78, 5) is 7.45. The normalized spacial score (nSPS) is 15.9. The number of para-hydroxylation sites is 1. The van der Waals surface area contributed by atoms with Gasteiger partial charge in [-0.25, -0.2) is 0 Å². The number of hydrogen-bond acceptors (Lipinski definition) is 5. The quantitative estimate of drug-likeness (QED) is 0.274. The molecule has 0 bridgehead atoms. The Morgan fingerprint density at radius 3 is 2.60 bits per heavy atom. The molecule has 1 aliphatic heterocycles. The number of guanidine groups is 1. The molecule has 0 aliphatic carbocycles. The minimum atomic E-state index is 0.230. The van der Waals surface area contributed by atoms with Crippen molar-refractivity contribution in [2.75, 3.05) is 66.8 Å². The van der Waals surface area contributed by atoms with Gasteiger partial charge in [0.25, 0.3) is 0 Å². The molecule has 1 unspecified atom stereocenters. The van der Waals surface area contributed by atoms with E-state index in [1.54, 1.807) is 14.2 Å². The Hall–Kier alpha value is -1.83. The molecule has 0 saturated carbocycles. The fourth-order valence-electron chi connectivity index (χ4n) is 3.71. The van der Waals surface area contributed by atoms with E-state index in [1.165, 1.54) is 18.4 Å². The van der Waals surface area contributed by atoms with E-state index in [1.807, 2.05) is 12.1 Å². The fourth-order valence-corrected chi connectivity index (χ4v) is 3.71. The summed E-state index contributed by atoms with van der Waals surface area (Å²) in [6.07, 6.45) is 4.56. The van der Waals surface area contributed by atoms with E-state index in [0.29, 0.717) is 19.8 Å². The Labute approximate surface area is 182 Å². The van der Waals surface area contributed by atoms with Crippen LogP contribution in [0.3, 0.4) is 0 Å². The number of methoxy groups -OCH3 is 2. The molecule has 7 heteroatoms. The molecule has 2 N–H and O–H groups in total. The van der Waals surface area contributed by atoms with Crippen molar-refractivity contribution < 1.29 is 14.2 Å². The lowest BCUT2D eigenvalue weighted by molar-refractivity contribution is 0.0689. The van der Waals surface area contributed by atoms with Gasteiger partial charge in [-0.2, -0.15) is 0 Å². The van der Waals surface area contributed by atoms with Gasteiger partial charge in [-0.3, -0.25) is 9.89 Å². The van der Waals surface area contributed by atoms with Crippen LogP contribution >= 0.6 is 0 Å². The van der Waals surface area contributed by atoms with Gasteiger partial charge in [0.05, 0.1) is 32.9 Å². The molecule has 1 aliphatic rings. The van der Waals surface area contributed by atoms with Gasteiger partial charge in [-0.1, -0.05) is 18.2 Å². The van der Waals surface area contributed by atoms with Crippen molar-refractivity contribution in [3.8, 4) is 5.75 Å². The van der Waals surface area contributed by atoms with E-state index in [9.17, 15) is 0 Å². The number of nitrogens with one attached hydrogen (secondary N) is 2. The summed E-state index contributed by atoms with van der Waals surface area (Å²) in [7, 11) is 3.44. The summed E-state index contributed by atoms with van der Waals surface area (Å²) in [5.74, 6) is 1.81. The lowest BCUT2D eigenvalue weighted by Crippen LogP contribution is -2.39. The third-order valence-electron chi connectivity index (χ3n) is 5.29. The van der Waals surface area contributed by atoms with Crippen molar-refractivity contribution in [2.45, 2.75) is 38.6 Å². The van der Waals surface area contributed by atoms with Crippen LogP contribution in [0.25, 0.3) is 0 Å². The minimum Gasteiger partial charge on any atom is -0.496 e. The lowest BCUT2D eigenvalue weighted by atomic mass is 10.0. The van der Waals surface area contributed by atoms with Crippen molar-refractivity contribution in [2.24, 2.45) is 4.99 Å². The summed E-state index contributed by atoms with van der Waals surface area (Å²) in [5.41, 5.74) is 1.22. The standard InChI is InChI=1S/C23H40N4O3/c1-4-24-23(25-13-7-10-16-30-18-17-28-2)26-19-21(27-14-8-9-15-27)20-11-5-6-12-22(20)29-3/h5-6,11-12,21H,4,7-10,13-19H2,1-3H3,(H2,24,25,26). The highest BCUT2D eigenvalue weighted by molar-refractivity contribution is 5.79. The monoisotopic (exact) mass is 420 g/mol. The molecule has 170 valence electrons. The summed E-state index contributed by atoms with van der Waals surface area (Å²) in [6.45, 7) is 8.83. The maximum Gasteiger partial charge on any atom is 0.191 e. The first kappa shape index (κ1) is 24.4. The number of ether oxygens (including phenoxy) is 3. The van der Waals surface area contributed by atoms with E-state index in [2.05, 4.69) is 34.6 Å². The van der Waals surface area contributed by atoms with Crippen LogP contribution in [0.2, 0.25) is 0 Å². The van der Waals surface area contributed by atoms with E-state index in [4.69, 9.17) is 19.2 Å². The second-order valence-corrected chi connectivity index (χ2v) is 7.46. The van der Waals surface area contributed by atoms with Gasteiger partial charge in [0.1, 0.15) is 5.75 Å². The molecule has 1 aromatic rings. The average molecular weight is 421 g/mol. The molecule has 0 radical (unpaired) electrons. The number of unbranched alkanes of at least 4 members (excludes halogenated alkanes) is 1. The molecule has 0 aromatic heterocycles. The van der Waals surface area contributed by atoms with Gasteiger partial charge in [-0.05, 0) is 51.8 Å². The van der Waals surface area contributed by atoms with E-state index in [-0.39, 0.29) is 6.04 Å². The van der Waals surface area contributed by atoms with Gasteiger partial charge in [0, 0.05) is 32.4 Å².